The number of benzene rings is 1. The lowest BCUT2D eigenvalue weighted by molar-refractivity contribution is 0.351. The van der Waals surface area contributed by atoms with Crippen LogP contribution in [0.4, 0.5) is 4.39 Å². The minimum absolute atomic E-state index is 0.156. The smallest absolute Gasteiger partial charge is 0.229 e. The maximum absolute atomic E-state index is 13.0. The van der Waals surface area contributed by atoms with Crippen LogP contribution in [0.2, 0.25) is 0 Å². The summed E-state index contributed by atoms with van der Waals surface area (Å²) >= 11 is 0. The van der Waals surface area contributed by atoms with E-state index in [0.717, 1.165) is 12.0 Å². The van der Waals surface area contributed by atoms with Crippen molar-refractivity contribution in [3.05, 3.63) is 47.4 Å². The molecule has 0 radical (unpaired) electrons. The SMILES string of the molecule is CC(CCN)c1nc(Cc2cccc(F)c2)no1. The van der Waals surface area contributed by atoms with Crippen molar-refractivity contribution in [2.45, 2.75) is 25.7 Å². The van der Waals surface area contributed by atoms with E-state index in [4.69, 9.17) is 10.3 Å². The molecule has 1 atom stereocenters. The predicted octanol–water partition coefficient (Wildman–Crippen LogP) is 2.25. The Morgan fingerprint density at radius 1 is 1.44 bits per heavy atom. The van der Waals surface area contributed by atoms with Crippen molar-refractivity contribution in [2.75, 3.05) is 6.54 Å². The summed E-state index contributed by atoms with van der Waals surface area (Å²) in [5.74, 6) is 1.06. The van der Waals surface area contributed by atoms with Crippen molar-refractivity contribution >= 4 is 0 Å². The molecular weight excluding hydrogens is 233 g/mol. The van der Waals surface area contributed by atoms with Crippen molar-refractivity contribution in [1.29, 1.82) is 0 Å². The molecule has 1 aromatic carbocycles. The topological polar surface area (TPSA) is 64.9 Å². The van der Waals surface area contributed by atoms with E-state index >= 15 is 0 Å². The highest BCUT2D eigenvalue weighted by molar-refractivity contribution is 5.19. The first-order chi connectivity index (χ1) is 8.69. The molecule has 5 heteroatoms. The fraction of sp³-hybridized carbons (Fsp3) is 0.385. The average molecular weight is 249 g/mol. The first-order valence-corrected chi connectivity index (χ1v) is 5.96. The molecule has 0 aliphatic rings. The molecule has 2 rings (SSSR count). The van der Waals surface area contributed by atoms with E-state index in [0.29, 0.717) is 24.7 Å². The van der Waals surface area contributed by atoms with E-state index in [-0.39, 0.29) is 11.7 Å². The lowest BCUT2D eigenvalue weighted by Crippen LogP contribution is -2.04. The standard InChI is InChI=1S/C13H16FN3O/c1-9(5-6-15)13-16-12(17-18-13)8-10-3-2-4-11(14)7-10/h2-4,7,9H,5-6,8,15H2,1H3. The quantitative estimate of drug-likeness (QED) is 0.882. The van der Waals surface area contributed by atoms with Crippen LogP contribution in [0.3, 0.4) is 0 Å². The van der Waals surface area contributed by atoms with Gasteiger partial charge in [-0.2, -0.15) is 4.98 Å². The molecule has 0 spiro atoms. The minimum Gasteiger partial charge on any atom is -0.339 e. The van der Waals surface area contributed by atoms with Gasteiger partial charge in [-0.3, -0.25) is 0 Å². The second-order valence-corrected chi connectivity index (χ2v) is 4.33. The molecule has 0 saturated heterocycles. The Labute approximate surface area is 105 Å². The van der Waals surface area contributed by atoms with Crippen LogP contribution in [0.1, 0.15) is 36.5 Å². The van der Waals surface area contributed by atoms with Gasteiger partial charge in [0.25, 0.3) is 0 Å². The molecule has 1 aromatic heterocycles. The monoisotopic (exact) mass is 249 g/mol. The van der Waals surface area contributed by atoms with Crippen molar-refractivity contribution < 1.29 is 8.91 Å². The van der Waals surface area contributed by atoms with E-state index in [1.807, 2.05) is 13.0 Å². The van der Waals surface area contributed by atoms with E-state index in [2.05, 4.69) is 10.1 Å². The van der Waals surface area contributed by atoms with Crippen molar-refractivity contribution in [3.63, 3.8) is 0 Å². The number of hydrogen-bond acceptors (Lipinski definition) is 4. The molecule has 96 valence electrons. The van der Waals surface area contributed by atoms with Gasteiger partial charge in [-0.15, -0.1) is 0 Å². The van der Waals surface area contributed by atoms with Gasteiger partial charge in [0.15, 0.2) is 5.82 Å². The second kappa shape index (κ2) is 5.73. The third-order valence-electron chi connectivity index (χ3n) is 2.76. The molecule has 0 aliphatic carbocycles. The molecule has 0 aliphatic heterocycles. The predicted molar refractivity (Wildman–Crippen MR) is 65.6 cm³/mol. The zero-order valence-corrected chi connectivity index (χ0v) is 10.3. The average Bonchev–Trinajstić information content (AvgIpc) is 2.78. The molecule has 18 heavy (non-hydrogen) atoms. The molecule has 0 saturated carbocycles. The molecule has 4 nitrogen and oxygen atoms in total. The van der Waals surface area contributed by atoms with Gasteiger partial charge in [-0.25, -0.2) is 4.39 Å². The molecule has 0 fully saturated rings. The highest BCUT2D eigenvalue weighted by Gasteiger charge is 2.13. The Kier molecular flexibility index (Phi) is 4.04. The van der Waals surface area contributed by atoms with Gasteiger partial charge >= 0.3 is 0 Å². The summed E-state index contributed by atoms with van der Waals surface area (Å²) in [5.41, 5.74) is 6.31. The molecule has 1 heterocycles. The number of nitrogens with zero attached hydrogens (tertiary/aromatic N) is 2. The first kappa shape index (κ1) is 12.7. The normalized spacial score (nSPS) is 12.6. The Morgan fingerprint density at radius 2 is 2.28 bits per heavy atom. The third-order valence-corrected chi connectivity index (χ3v) is 2.76. The van der Waals surface area contributed by atoms with Crippen molar-refractivity contribution in [3.8, 4) is 0 Å². The van der Waals surface area contributed by atoms with Gasteiger partial charge in [0.1, 0.15) is 5.82 Å². The lowest BCUT2D eigenvalue weighted by atomic mass is 10.1. The summed E-state index contributed by atoms with van der Waals surface area (Å²) < 4.78 is 18.2. The van der Waals surface area contributed by atoms with Crippen LogP contribution in [-0.4, -0.2) is 16.7 Å². The molecular formula is C13H16FN3O. The second-order valence-electron chi connectivity index (χ2n) is 4.33. The van der Waals surface area contributed by atoms with Crippen LogP contribution in [0, 0.1) is 5.82 Å². The van der Waals surface area contributed by atoms with Crippen LogP contribution in [0.15, 0.2) is 28.8 Å². The number of hydrogen-bond donors (Lipinski definition) is 1. The van der Waals surface area contributed by atoms with Crippen LogP contribution < -0.4 is 5.73 Å². The zero-order valence-electron chi connectivity index (χ0n) is 10.3. The Bertz CT molecular complexity index is 512. The van der Waals surface area contributed by atoms with E-state index in [9.17, 15) is 4.39 Å². The summed E-state index contributed by atoms with van der Waals surface area (Å²) in [6, 6.07) is 6.39. The highest BCUT2D eigenvalue weighted by atomic mass is 19.1. The van der Waals surface area contributed by atoms with Crippen LogP contribution >= 0.6 is 0 Å². The van der Waals surface area contributed by atoms with Crippen LogP contribution in [0.5, 0.6) is 0 Å². The van der Waals surface area contributed by atoms with Gasteiger partial charge in [-0.05, 0) is 30.7 Å². The molecule has 2 N–H and O–H groups in total. The van der Waals surface area contributed by atoms with Gasteiger partial charge < -0.3 is 10.3 Å². The first-order valence-electron chi connectivity index (χ1n) is 5.96. The number of halogens is 1. The number of aromatic nitrogens is 2. The third kappa shape index (κ3) is 3.13. The van der Waals surface area contributed by atoms with Gasteiger partial charge in [0, 0.05) is 12.3 Å². The molecule has 0 amide bonds. The van der Waals surface area contributed by atoms with Crippen LogP contribution in [0.25, 0.3) is 0 Å². The van der Waals surface area contributed by atoms with Gasteiger partial charge in [-0.1, -0.05) is 24.2 Å². The summed E-state index contributed by atoms with van der Waals surface area (Å²) in [4.78, 5) is 4.30. The van der Waals surface area contributed by atoms with E-state index in [1.54, 1.807) is 6.07 Å². The summed E-state index contributed by atoms with van der Waals surface area (Å²) in [5, 5.41) is 3.90. The summed E-state index contributed by atoms with van der Waals surface area (Å²) in [6.07, 6.45) is 1.28. The number of nitrogens with two attached hydrogens (primary N) is 1. The molecule has 1 unspecified atom stereocenters. The van der Waals surface area contributed by atoms with Gasteiger partial charge in [0.05, 0.1) is 0 Å². The largest absolute Gasteiger partial charge is 0.339 e. The minimum atomic E-state index is -0.257. The van der Waals surface area contributed by atoms with Crippen LogP contribution in [-0.2, 0) is 6.42 Å². The van der Waals surface area contributed by atoms with E-state index in [1.165, 1.54) is 12.1 Å². The fourth-order valence-corrected chi connectivity index (χ4v) is 1.74. The maximum Gasteiger partial charge on any atom is 0.229 e. The maximum atomic E-state index is 13.0. The summed E-state index contributed by atoms with van der Waals surface area (Å²) in [7, 11) is 0. The van der Waals surface area contributed by atoms with E-state index < -0.39 is 0 Å². The number of rotatable bonds is 5. The Morgan fingerprint density at radius 3 is 3.00 bits per heavy atom. The Balaban J connectivity index is 2.06. The van der Waals surface area contributed by atoms with Gasteiger partial charge in [0.2, 0.25) is 5.89 Å². The Hall–Kier alpha value is -1.75. The summed E-state index contributed by atoms with van der Waals surface area (Å²) in [6.45, 7) is 2.58. The lowest BCUT2D eigenvalue weighted by Gasteiger charge is -2.01. The van der Waals surface area contributed by atoms with Crippen molar-refractivity contribution in [1.82, 2.24) is 10.1 Å². The molecule has 2 aromatic rings. The fourth-order valence-electron chi connectivity index (χ4n) is 1.74. The molecule has 0 bridgehead atoms. The zero-order chi connectivity index (χ0) is 13.0. The highest BCUT2D eigenvalue weighted by Crippen LogP contribution is 2.17. The van der Waals surface area contributed by atoms with Crippen molar-refractivity contribution in [2.24, 2.45) is 5.73 Å².